The van der Waals surface area contributed by atoms with Gasteiger partial charge in [-0.1, -0.05) is 11.8 Å². The second-order valence-electron chi connectivity index (χ2n) is 8.40. The molecule has 3 aromatic heterocycles. The molecule has 1 atom stereocenters. The maximum absolute atomic E-state index is 12.8. The lowest BCUT2D eigenvalue weighted by Crippen LogP contribution is -2.20. The molecule has 5 rings (SSSR count). The van der Waals surface area contributed by atoms with Crippen LogP contribution in [0, 0.1) is 0 Å². The molecule has 1 aliphatic carbocycles. The summed E-state index contributed by atoms with van der Waals surface area (Å²) in [5.74, 6) is 0.174. The standard InChI is InChI=1S/C23H26N6O3S2/c24-20(31)19-16-5-1-2-6-17(16)34-22(19)26-18(30)13-33-23-28-27-21(14-7-9-25-10-8-14)29(23)12-15-4-3-11-32-15/h7-10,15H,1-6,11-13H2,(H2,24,31)(H,26,30). The minimum absolute atomic E-state index is 0.0975. The van der Waals surface area contributed by atoms with Gasteiger partial charge in [-0.3, -0.25) is 19.1 Å². The molecule has 0 bridgehead atoms. The molecule has 178 valence electrons. The molecule has 3 aromatic rings. The number of rotatable bonds is 8. The number of carbonyl (C=O) groups excluding carboxylic acids is 2. The second-order valence-corrected chi connectivity index (χ2v) is 10.5. The number of ether oxygens (including phenoxy) is 1. The van der Waals surface area contributed by atoms with E-state index in [1.807, 2.05) is 16.7 Å². The molecule has 0 saturated carbocycles. The van der Waals surface area contributed by atoms with Gasteiger partial charge in [0.2, 0.25) is 5.91 Å². The van der Waals surface area contributed by atoms with Gasteiger partial charge < -0.3 is 15.8 Å². The fourth-order valence-electron chi connectivity index (χ4n) is 4.47. The summed E-state index contributed by atoms with van der Waals surface area (Å²) in [4.78, 5) is 30.2. The zero-order valence-corrected chi connectivity index (χ0v) is 20.3. The number of aryl methyl sites for hydroxylation is 1. The van der Waals surface area contributed by atoms with Crippen molar-refractivity contribution in [3.63, 3.8) is 0 Å². The Kier molecular flexibility index (Phi) is 6.93. The van der Waals surface area contributed by atoms with Gasteiger partial charge in [0, 0.05) is 29.4 Å². The van der Waals surface area contributed by atoms with E-state index in [2.05, 4.69) is 20.5 Å². The maximum Gasteiger partial charge on any atom is 0.251 e. The Morgan fingerprint density at radius 1 is 1.21 bits per heavy atom. The van der Waals surface area contributed by atoms with Gasteiger partial charge >= 0.3 is 0 Å². The Labute approximate surface area is 205 Å². The van der Waals surface area contributed by atoms with E-state index in [1.54, 1.807) is 12.4 Å². The number of thiophene rings is 1. The number of carbonyl (C=O) groups is 2. The zero-order valence-electron chi connectivity index (χ0n) is 18.7. The summed E-state index contributed by atoms with van der Waals surface area (Å²) in [6.45, 7) is 1.38. The number of nitrogens with one attached hydrogen (secondary N) is 1. The van der Waals surface area contributed by atoms with Crippen molar-refractivity contribution < 1.29 is 14.3 Å². The van der Waals surface area contributed by atoms with Gasteiger partial charge in [0.05, 0.1) is 24.0 Å². The molecule has 34 heavy (non-hydrogen) atoms. The van der Waals surface area contributed by atoms with Crippen LogP contribution in [0.15, 0.2) is 29.7 Å². The van der Waals surface area contributed by atoms with E-state index in [4.69, 9.17) is 10.5 Å². The first-order valence-corrected chi connectivity index (χ1v) is 13.2. The quantitative estimate of drug-likeness (QED) is 0.457. The number of fused-ring (bicyclic) bond motifs is 1. The average molecular weight is 499 g/mol. The van der Waals surface area contributed by atoms with Crippen LogP contribution in [-0.4, -0.2) is 50.0 Å². The summed E-state index contributed by atoms with van der Waals surface area (Å²) in [6.07, 6.45) is 9.44. The molecule has 4 heterocycles. The molecule has 3 N–H and O–H groups in total. The first-order chi connectivity index (χ1) is 16.6. The Balaban J connectivity index is 1.32. The Morgan fingerprint density at radius 2 is 2.03 bits per heavy atom. The number of pyridine rings is 1. The Morgan fingerprint density at radius 3 is 2.79 bits per heavy atom. The van der Waals surface area contributed by atoms with Crippen LogP contribution < -0.4 is 11.1 Å². The molecule has 2 amide bonds. The molecular formula is C23H26N6O3S2. The fourth-order valence-corrected chi connectivity index (χ4v) is 6.53. The van der Waals surface area contributed by atoms with E-state index >= 15 is 0 Å². The number of anilines is 1. The summed E-state index contributed by atoms with van der Waals surface area (Å²) >= 11 is 2.79. The van der Waals surface area contributed by atoms with Crippen molar-refractivity contribution in [3.05, 3.63) is 40.5 Å². The van der Waals surface area contributed by atoms with Crippen molar-refractivity contribution in [1.82, 2.24) is 19.7 Å². The lowest BCUT2D eigenvalue weighted by Gasteiger charge is -2.14. The molecule has 2 aliphatic rings. The maximum atomic E-state index is 12.8. The fraction of sp³-hybridized carbons (Fsp3) is 0.435. The van der Waals surface area contributed by atoms with Gasteiger partial charge in [0.1, 0.15) is 5.00 Å². The summed E-state index contributed by atoms with van der Waals surface area (Å²) in [7, 11) is 0. The lowest BCUT2D eigenvalue weighted by molar-refractivity contribution is -0.113. The largest absolute Gasteiger partial charge is 0.376 e. The number of hydrogen-bond acceptors (Lipinski definition) is 8. The van der Waals surface area contributed by atoms with Crippen molar-refractivity contribution in [2.75, 3.05) is 17.7 Å². The number of aromatic nitrogens is 4. The van der Waals surface area contributed by atoms with Gasteiger partial charge in [-0.2, -0.15) is 0 Å². The van der Waals surface area contributed by atoms with Crippen molar-refractivity contribution >= 4 is 39.9 Å². The van der Waals surface area contributed by atoms with E-state index in [0.29, 0.717) is 22.3 Å². The number of amides is 2. The summed E-state index contributed by atoms with van der Waals surface area (Å²) in [6, 6.07) is 3.78. The summed E-state index contributed by atoms with van der Waals surface area (Å²) in [5, 5.41) is 12.9. The minimum Gasteiger partial charge on any atom is -0.376 e. The summed E-state index contributed by atoms with van der Waals surface area (Å²) in [5.41, 5.74) is 8.04. The van der Waals surface area contributed by atoms with Crippen molar-refractivity contribution in [2.24, 2.45) is 5.73 Å². The van der Waals surface area contributed by atoms with E-state index < -0.39 is 5.91 Å². The first kappa shape index (κ1) is 23.0. The van der Waals surface area contributed by atoms with Crippen molar-refractivity contribution in [2.45, 2.75) is 56.3 Å². The molecule has 1 unspecified atom stereocenters. The van der Waals surface area contributed by atoms with E-state index in [-0.39, 0.29) is 17.8 Å². The zero-order chi connectivity index (χ0) is 23.5. The van der Waals surface area contributed by atoms with Crippen LogP contribution in [0.5, 0.6) is 0 Å². The molecule has 11 heteroatoms. The molecule has 1 aliphatic heterocycles. The lowest BCUT2D eigenvalue weighted by atomic mass is 9.95. The first-order valence-electron chi connectivity index (χ1n) is 11.4. The van der Waals surface area contributed by atoms with Gasteiger partial charge in [0.15, 0.2) is 11.0 Å². The van der Waals surface area contributed by atoms with Crippen LogP contribution in [0.4, 0.5) is 5.00 Å². The highest BCUT2D eigenvalue weighted by molar-refractivity contribution is 7.99. The van der Waals surface area contributed by atoms with Crippen LogP contribution in [0.2, 0.25) is 0 Å². The van der Waals surface area contributed by atoms with Gasteiger partial charge in [-0.05, 0) is 56.2 Å². The molecule has 0 spiro atoms. The highest BCUT2D eigenvalue weighted by atomic mass is 32.2. The number of hydrogen-bond donors (Lipinski definition) is 2. The predicted octanol–water partition coefficient (Wildman–Crippen LogP) is 3.29. The third-order valence-corrected chi connectivity index (χ3v) is 8.24. The average Bonchev–Trinajstić information content (AvgIpc) is 3.57. The normalized spacial score (nSPS) is 17.5. The molecule has 0 radical (unpaired) electrons. The molecule has 1 fully saturated rings. The van der Waals surface area contributed by atoms with Crippen LogP contribution in [0.3, 0.4) is 0 Å². The smallest absolute Gasteiger partial charge is 0.251 e. The third-order valence-electron chi connectivity index (χ3n) is 6.07. The predicted molar refractivity (Wildman–Crippen MR) is 131 cm³/mol. The molecule has 9 nitrogen and oxygen atoms in total. The minimum atomic E-state index is -0.486. The monoisotopic (exact) mass is 498 g/mol. The molecule has 1 saturated heterocycles. The van der Waals surface area contributed by atoms with E-state index in [1.165, 1.54) is 23.1 Å². The Hall–Kier alpha value is -2.76. The van der Waals surface area contributed by atoms with Crippen molar-refractivity contribution in [1.29, 1.82) is 0 Å². The molecular weight excluding hydrogens is 472 g/mol. The summed E-state index contributed by atoms with van der Waals surface area (Å²) < 4.78 is 7.85. The highest BCUT2D eigenvalue weighted by Crippen LogP contribution is 2.38. The number of primary amides is 1. The van der Waals surface area contributed by atoms with Gasteiger partial charge in [-0.15, -0.1) is 21.5 Å². The SMILES string of the molecule is NC(=O)c1c(NC(=O)CSc2nnc(-c3ccncc3)n2CC2CCCO2)sc2c1CCCC2. The number of nitrogens with zero attached hydrogens (tertiary/aromatic N) is 4. The molecule has 0 aromatic carbocycles. The van der Waals surface area contributed by atoms with Crippen LogP contribution in [0.1, 0.15) is 46.5 Å². The van der Waals surface area contributed by atoms with Gasteiger partial charge in [0.25, 0.3) is 5.91 Å². The van der Waals surface area contributed by atoms with Crippen LogP contribution in [-0.2, 0) is 28.9 Å². The van der Waals surface area contributed by atoms with Gasteiger partial charge in [-0.25, -0.2) is 0 Å². The van der Waals surface area contributed by atoms with E-state index in [0.717, 1.165) is 67.0 Å². The highest BCUT2D eigenvalue weighted by Gasteiger charge is 2.26. The number of nitrogens with two attached hydrogens (primary N) is 1. The topological polar surface area (TPSA) is 125 Å². The third kappa shape index (κ3) is 4.86. The van der Waals surface area contributed by atoms with Crippen LogP contribution in [0.25, 0.3) is 11.4 Å². The second kappa shape index (κ2) is 10.2. The number of thioether (sulfide) groups is 1. The van der Waals surface area contributed by atoms with Crippen LogP contribution >= 0.6 is 23.1 Å². The van der Waals surface area contributed by atoms with E-state index in [9.17, 15) is 9.59 Å². The van der Waals surface area contributed by atoms with Crippen molar-refractivity contribution in [3.8, 4) is 11.4 Å². The Bertz CT molecular complexity index is 1190.